The van der Waals surface area contributed by atoms with Gasteiger partial charge >= 0.3 is 0 Å². The summed E-state index contributed by atoms with van der Waals surface area (Å²) in [6.07, 6.45) is 0. The monoisotopic (exact) mass is 389 g/mol. The average Bonchev–Trinajstić information content (AvgIpc) is 2.42. The van der Waals surface area contributed by atoms with Crippen LogP contribution in [-0.4, -0.2) is 15.5 Å². The topological polar surface area (TPSA) is 55.4 Å². The van der Waals surface area contributed by atoms with E-state index in [0.29, 0.717) is 11.4 Å². The molecule has 0 aliphatic heterocycles. The summed E-state index contributed by atoms with van der Waals surface area (Å²) in [5.41, 5.74) is 0.504. The number of benzene rings is 2. The van der Waals surface area contributed by atoms with Crippen LogP contribution < -0.4 is 9.46 Å². The molecule has 0 fully saturated rings. The lowest BCUT2D eigenvalue weighted by Crippen LogP contribution is -2.13. The number of sulfonamides is 1. The summed E-state index contributed by atoms with van der Waals surface area (Å²) in [4.78, 5) is 0.230. The van der Waals surface area contributed by atoms with Crippen LogP contribution in [-0.2, 0) is 10.0 Å². The molecule has 0 aromatic heterocycles. The van der Waals surface area contributed by atoms with E-state index < -0.39 is 10.0 Å². The molecule has 0 unspecified atom stereocenters. The fraction of sp³-hybridized carbons (Fsp3) is 0.0769. The number of hydrogen-bond donors (Lipinski definition) is 1. The third-order valence-electron chi connectivity index (χ3n) is 2.47. The van der Waals surface area contributed by atoms with Gasteiger partial charge in [-0.1, -0.05) is 18.2 Å². The zero-order valence-electron chi connectivity index (χ0n) is 10.1. The van der Waals surface area contributed by atoms with E-state index in [1.165, 1.54) is 7.11 Å². The molecule has 2 aromatic rings. The van der Waals surface area contributed by atoms with Crippen LogP contribution in [0.25, 0.3) is 0 Å². The first kappa shape index (κ1) is 14.1. The standard InChI is InChI=1S/C13H12INO3S/c1-18-10-7-8-12(14)13(9-10)15-19(16,17)11-5-3-2-4-6-11/h2-9,15H,1H3. The summed E-state index contributed by atoms with van der Waals surface area (Å²) < 4.78 is 32.9. The van der Waals surface area contributed by atoms with Gasteiger partial charge in [0, 0.05) is 9.64 Å². The largest absolute Gasteiger partial charge is 0.497 e. The highest BCUT2D eigenvalue weighted by atomic mass is 127. The van der Waals surface area contributed by atoms with Crippen molar-refractivity contribution in [1.29, 1.82) is 0 Å². The number of anilines is 1. The molecule has 0 radical (unpaired) electrons. The predicted octanol–water partition coefficient (Wildman–Crippen LogP) is 3.10. The molecule has 0 bridgehead atoms. The molecular weight excluding hydrogens is 377 g/mol. The van der Waals surface area contributed by atoms with E-state index in [1.807, 2.05) is 0 Å². The minimum Gasteiger partial charge on any atom is -0.497 e. The van der Waals surface area contributed by atoms with Gasteiger partial charge in [-0.3, -0.25) is 4.72 Å². The van der Waals surface area contributed by atoms with E-state index in [1.54, 1.807) is 48.5 Å². The first-order valence-corrected chi connectivity index (χ1v) is 8.00. The fourth-order valence-electron chi connectivity index (χ4n) is 1.51. The molecule has 0 saturated carbocycles. The Hall–Kier alpha value is -1.28. The van der Waals surface area contributed by atoms with Crippen LogP contribution in [0.5, 0.6) is 5.75 Å². The highest BCUT2D eigenvalue weighted by Crippen LogP contribution is 2.26. The van der Waals surface area contributed by atoms with Crippen LogP contribution in [0.3, 0.4) is 0 Å². The Morgan fingerprint density at radius 2 is 1.79 bits per heavy atom. The van der Waals surface area contributed by atoms with E-state index in [-0.39, 0.29) is 4.90 Å². The zero-order chi connectivity index (χ0) is 13.9. The smallest absolute Gasteiger partial charge is 0.261 e. The molecule has 100 valence electrons. The molecule has 0 aliphatic carbocycles. The zero-order valence-corrected chi connectivity index (χ0v) is 13.1. The van der Waals surface area contributed by atoms with Crippen molar-refractivity contribution < 1.29 is 13.2 Å². The van der Waals surface area contributed by atoms with Crippen LogP contribution in [0, 0.1) is 3.57 Å². The van der Waals surface area contributed by atoms with Gasteiger partial charge in [0.2, 0.25) is 0 Å². The summed E-state index contributed by atoms with van der Waals surface area (Å²) in [6, 6.07) is 13.5. The summed E-state index contributed by atoms with van der Waals surface area (Å²) in [5.74, 6) is 0.603. The van der Waals surface area contributed by atoms with Crippen molar-refractivity contribution in [2.45, 2.75) is 4.90 Å². The molecule has 2 aromatic carbocycles. The van der Waals surface area contributed by atoms with Gasteiger partial charge in [-0.25, -0.2) is 8.42 Å². The Balaban J connectivity index is 2.36. The van der Waals surface area contributed by atoms with Crippen LogP contribution >= 0.6 is 22.6 Å². The van der Waals surface area contributed by atoms with Crippen LogP contribution in [0.15, 0.2) is 53.4 Å². The summed E-state index contributed by atoms with van der Waals surface area (Å²) in [6.45, 7) is 0. The predicted molar refractivity (Wildman–Crippen MR) is 83.0 cm³/mol. The summed E-state index contributed by atoms with van der Waals surface area (Å²) >= 11 is 2.07. The van der Waals surface area contributed by atoms with Gasteiger partial charge in [0.1, 0.15) is 5.75 Å². The SMILES string of the molecule is COc1ccc(I)c(NS(=O)(=O)c2ccccc2)c1. The van der Waals surface area contributed by atoms with Crippen molar-refractivity contribution in [2.24, 2.45) is 0 Å². The van der Waals surface area contributed by atoms with Gasteiger partial charge in [-0.05, 0) is 46.9 Å². The van der Waals surface area contributed by atoms with Crippen molar-refractivity contribution >= 4 is 38.3 Å². The maximum atomic E-state index is 12.2. The van der Waals surface area contributed by atoms with Crippen molar-refractivity contribution in [3.63, 3.8) is 0 Å². The average molecular weight is 389 g/mol. The Bertz CT molecular complexity index is 672. The normalized spacial score (nSPS) is 11.1. The Morgan fingerprint density at radius 3 is 2.42 bits per heavy atom. The van der Waals surface area contributed by atoms with Crippen molar-refractivity contribution in [2.75, 3.05) is 11.8 Å². The first-order valence-electron chi connectivity index (χ1n) is 5.44. The molecule has 1 N–H and O–H groups in total. The Morgan fingerprint density at radius 1 is 1.11 bits per heavy atom. The number of rotatable bonds is 4. The minimum absolute atomic E-state index is 0.230. The number of ether oxygens (including phenoxy) is 1. The van der Waals surface area contributed by atoms with Gasteiger partial charge in [-0.15, -0.1) is 0 Å². The molecule has 0 spiro atoms. The Kier molecular flexibility index (Phi) is 4.31. The molecule has 0 atom stereocenters. The van der Waals surface area contributed by atoms with E-state index in [9.17, 15) is 8.42 Å². The molecule has 4 nitrogen and oxygen atoms in total. The fourth-order valence-corrected chi connectivity index (χ4v) is 3.26. The lowest BCUT2D eigenvalue weighted by molar-refractivity contribution is 0.415. The number of hydrogen-bond acceptors (Lipinski definition) is 3. The first-order chi connectivity index (χ1) is 9.03. The quantitative estimate of drug-likeness (QED) is 0.818. The maximum absolute atomic E-state index is 12.2. The number of methoxy groups -OCH3 is 1. The second kappa shape index (κ2) is 5.79. The second-order valence-electron chi connectivity index (χ2n) is 3.76. The number of nitrogens with one attached hydrogen (secondary N) is 1. The van der Waals surface area contributed by atoms with Crippen LogP contribution in [0.4, 0.5) is 5.69 Å². The Labute approximate surface area is 126 Å². The maximum Gasteiger partial charge on any atom is 0.261 e. The molecule has 6 heteroatoms. The minimum atomic E-state index is -3.57. The molecule has 2 rings (SSSR count). The van der Waals surface area contributed by atoms with Crippen molar-refractivity contribution in [3.8, 4) is 5.75 Å². The molecule has 0 aliphatic rings. The second-order valence-corrected chi connectivity index (χ2v) is 6.61. The highest BCUT2D eigenvalue weighted by Gasteiger charge is 2.15. The summed E-state index contributed by atoms with van der Waals surface area (Å²) in [5, 5.41) is 0. The third kappa shape index (κ3) is 3.38. The molecular formula is C13H12INO3S. The molecule has 0 saturated heterocycles. The lowest BCUT2D eigenvalue weighted by Gasteiger charge is -2.11. The van der Waals surface area contributed by atoms with E-state index in [2.05, 4.69) is 27.3 Å². The molecule has 0 heterocycles. The third-order valence-corrected chi connectivity index (χ3v) is 4.79. The summed E-state index contributed by atoms with van der Waals surface area (Å²) in [7, 11) is -2.03. The van der Waals surface area contributed by atoms with Gasteiger partial charge in [0.15, 0.2) is 0 Å². The number of halogens is 1. The van der Waals surface area contributed by atoms with E-state index in [4.69, 9.17) is 4.74 Å². The molecule has 0 amide bonds. The van der Waals surface area contributed by atoms with Crippen molar-refractivity contribution in [1.82, 2.24) is 0 Å². The molecule has 19 heavy (non-hydrogen) atoms. The van der Waals surface area contributed by atoms with Crippen LogP contribution in [0.1, 0.15) is 0 Å². The van der Waals surface area contributed by atoms with Crippen LogP contribution in [0.2, 0.25) is 0 Å². The lowest BCUT2D eigenvalue weighted by atomic mass is 10.3. The van der Waals surface area contributed by atoms with E-state index >= 15 is 0 Å². The van der Waals surface area contributed by atoms with Crippen molar-refractivity contribution in [3.05, 3.63) is 52.1 Å². The van der Waals surface area contributed by atoms with Gasteiger partial charge < -0.3 is 4.74 Å². The van der Waals surface area contributed by atoms with E-state index in [0.717, 1.165) is 3.57 Å². The van der Waals surface area contributed by atoms with Gasteiger partial charge in [0.25, 0.3) is 10.0 Å². The van der Waals surface area contributed by atoms with Gasteiger partial charge in [-0.2, -0.15) is 0 Å². The highest BCUT2D eigenvalue weighted by molar-refractivity contribution is 14.1. The van der Waals surface area contributed by atoms with Gasteiger partial charge in [0.05, 0.1) is 17.7 Å².